The van der Waals surface area contributed by atoms with Crippen molar-refractivity contribution in [1.29, 1.82) is 0 Å². The molecule has 2 aromatic rings. The van der Waals surface area contributed by atoms with Crippen LogP contribution in [0.4, 0.5) is 0 Å². The second kappa shape index (κ2) is 8.85. The molecule has 0 aliphatic carbocycles. The van der Waals surface area contributed by atoms with Crippen LogP contribution in [0.25, 0.3) is 0 Å². The Bertz CT molecular complexity index is 584. The van der Waals surface area contributed by atoms with E-state index in [4.69, 9.17) is 9.47 Å². The largest absolute Gasteiger partial charge is 0.484 e. The van der Waals surface area contributed by atoms with Crippen molar-refractivity contribution in [3.8, 4) is 5.75 Å². The summed E-state index contributed by atoms with van der Waals surface area (Å²) in [6.45, 7) is 3.68. The summed E-state index contributed by atoms with van der Waals surface area (Å²) < 4.78 is 10.8. The van der Waals surface area contributed by atoms with Crippen LogP contribution in [0.2, 0.25) is 0 Å². The van der Waals surface area contributed by atoms with Gasteiger partial charge in [-0.25, -0.2) is 0 Å². The number of rotatable bonds is 8. The van der Waals surface area contributed by atoms with Gasteiger partial charge in [0.1, 0.15) is 5.75 Å². The highest BCUT2D eigenvalue weighted by molar-refractivity contribution is 5.77. The fourth-order valence-electron chi connectivity index (χ4n) is 1.99. The summed E-state index contributed by atoms with van der Waals surface area (Å²) in [7, 11) is 0. The van der Waals surface area contributed by atoms with Gasteiger partial charge in [0, 0.05) is 13.2 Å². The van der Waals surface area contributed by atoms with Crippen molar-refractivity contribution in [1.82, 2.24) is 5.32 Å². The van der Waals surface area contributed by atoms with Crippen molar-refractivity contribution in [3.63, 3.8) is 0 Å². The zero-order valence-electron chi connectivity index (χ0n) is 12.7. The minimum Gasteiger partial charge on any atom is -0.484 e. The Balaban J connectivity index is 1.81. The van der Waals surface area contributed by atoms with E-state index in [1.54, 1.807) is 0 Å². The monoisotopic (exact) mass is 299 g/mol. The Labute approximate surface area is 131 Å². The van der Waals surface area contributed by atoms with Gasteiger partial charge in [0.05, 0.1) is 6.61 Å². The SMILES string of the molecule is CCOCc1ccccc1CNC(=O)COc1ccccc1. The van der Waals surface area contributed by atoms with Crippen LogP contribution in [0.1, 0.15) is 18.1 Å². The van der Waals surface area contributed by atoms with Crippen LogP contribution >= 0.6 is 0 Å². The number of carbonyl (C=O) groups excluding carboxylic acids is 1. The summed E-state index contributed by atoms with van der Waals surface area (Å²) in [4.78, 5) is 11.8. The lowest BCUT2D eigenvalue weighted by molar-refractivity contribution is -0.123. The summed E-state index contributed by atoms with van der Waals surface area (Å²) in [5, 5.41) is 2.87. The van der Waals surface area contributed by atoms with E-state index < -0.39 is 0 Å². The van der Waals surface area contributed by atoms with Crippen LogP contribution in [0.5, 0.6) is 5.75 Å². The van der Waals surface area contributed by atoms with E-state index in [-0.39, 0.29) is 12.5 Å². The van der Waals surface area contributed by atoms with Crippen LogP contribution < -0.4 is 10.1 Å². The van der Waals surface area contributed by atoms with Gasteiger partial charge in [0.15, 0.2) is 6.61 Å². The third kappa shape index (κ3) is 5.22. The number of para-hydroxylation sites is 1. The molecule has 1 N–H and O–H groups in total. The zero-order valence-corrected chi connectivity index (χ0v) is 12.7. The van der Waals surface area contributed by atoms with Gasteiger partial charge in [-0.2, -0.15) is 0 Å². The van der Waals surface area contributed by atoms with Gasteiger partial charge in [-0.1, -0.05) is 42.5 Å². The molecule has 1 amide bonds. The van der Waals surface area contributed by atoms with Crippen molar-refractivity contribution in [3.05, 3.63) is 65.7 Å². The van der Waals surface area contributed by atoms with E-state index >= 15 is 0 Å². The van der Waals surface area contributed by atoms with E-state index in [1.807, 2.05) is 61.5 Å². The number of hydrogen-bond donors (Lipinski definition) is 1. The molecule has 4 nitrogen and oxygen atoms in total. The van der Waals surface area contributed by atoms with Crippen LogP contribution in [0.15, 0.2) is 54.6 Å². The van der Waals surface area contributed by atoms with Gasteiger partial charge in [-0.15, -0.1) is 0 Å². The van der Waals surface area contributed by atoms with Crippen molar-refractivity contribution in [2.75, 3.05) is 13.2 Å². The Kier molecular flexibility index (Phi) is 6.45. The lowest BCUT2D eigenvalue weighted by atomic mass is 10.1. The third-order valence-electron chi connectivity index (χ3n) is 3.17. The van der Waals surface area contributed by atoms with Gasteiger partial charge in [0.2, 0.25) is 0 Å². The Morgan fingerprint density at radius 2 is 1.68 bits per heavy atom. The van der Waals surface area contributed by atoms with E-state index in [2.05, 4.69) is 5.32 Å². The molecule has 0 spiro atoms. The average molecular weight is 299 g/mol. The van der Waals surface area contributed by atoms with Crippen LogP contribution in [-0.4, -0.2) is 19.1 Å². The van der Waals surface area contributed by atoms with Gasteiger partial charge in [-0.3, -0.25) is 4.79 Å². The Morgan fingerprint density at radius 1 is 1.00 bits per heavy atom. The first-order valence-electron chi connectivity index (χ1n) is 7.38. The maximum atomic E-state index is 11.8. The van der Waals surface area contributed by atoms with Crippen LogP contribution in [0.3, 0.4) is 0 Å². The fourth-order valence-corrected chi connectivity index (χ4v) is 1.99. The lowest BCUT2D eigenvalue weighted by Gasteiger charge is -2.11. The van der Waals surface area contributed by atoms with Crippen molar-refractivity contribution < 1.29 is 14.3 Å². The van der Waals surface area contributed by atoms with Crippen LogP contribution in [-0.2, 0) is 22.7 Å². The molecule has 0 saturated carbocycles. The molecule has 0 unspecified atom stereocenters. The van der Waals surface area contributed by atoms with Crippen molar-refractivity contribution >= 4 is 5.91 Å². The number of ether oxygens (including phenoxy) is 2. The van der Waals surface area contributed by atoms with E-state index in [1.165, 1.54) is 0 Å². The quantitative estimate of drug-likeness (QED) is 0.815. The summed E-state index contributed by atoms with van der Waals surface area (Å²) in [6, 6.07) is 17.2. The maximum Gasteiger partial charge on any atom is 0.258 e. The summed E-state index contributed by atoms with van der Waals surface area (Å²) in [5.74, 6) is 0.546. The maximum absolute atomic E-state index is 11.8. The zero-order chi connectivity index (χ0) is 15.6. The molecule has 0 fully saturated rings. The Morgan fingerprint density at radius 3 is 2.41 bits per heavy atom. The van der Waals surface area contributed by atoms with Gasteiger partial charge in [0.25, 0.3) is 5.91 Å². The first-order valence-corrected chi connectivity index (χ1v) is 7.38. The molecule has 0 atom stereocenters. The molecule has 0 saturated heterocycles. The van der Waals surface area contributed by atoms with Crippen molar-refractivity contribution in [2.45, 2.75) is 20.1 Å². The second-order valence-corrected chi connectivity index (χ2v) is 4.78. The molecule has 0 radical (unpaired) electrons. The minimum atomic E-state index is -0.143. The molecule has 0 aliphatic heterocycles. The number of carbonyl (C=O) groups is 1. The number of amides is 1. The number of hydrogen-bond acceptors (Lipinski definition) is 3. The molecule has 116 valence electrons. The van der Waals surface area contributed by atoms with E-state index in [0.717, 1.165) is 11.1 Å². The topological polar surface area (TPSA) is 47.6 Å². The average Bonchev–Trinajstić information content (AvgIpc) is 2.58. The third-order valence-corrected chi connectivity index (χ3v) is 3.17. The molecule has 0 bridgehead atoms. The molecule has 0 aliphatic rings. The molecule has 22 heavy (non-hydrogen) atoms. The normalized spacial score (nSPS) is 10.2. The number of benzene rings is 2. The number of nitrogens with one attached hydrogen (secondary N) is 1. The smallest absolute Gasteiger partial charge is 0.258 e. The first kappa shape index (κ1) is 16.0. The first-order chi connectivity index (χ1) is 10.8. The minimum absolute atomic E-state index is 0.0115. The molecule has 0 aromatic heterocycles. The molecule has 2 rings (SSSR count). The predicted octanol–water partition coefficient (Wildman–Crippen LogP) is 2.92. The van der Waals surface area contributed by atoms with Crippen LogP contribution in [0, 0.1) is 0 Å². The summed E-state index contributed by atoms with van der Waals surface area (Å²) in [5.41, 5.74) is 2.15. The molecule has 0 heterocycles. The Hall–Kier alpha value is -2.33. The van der Waals surface area contributed by atoms with E-state index in [0.29, 0.717) is 25.5 Å². The highest BCUT2D eigenvalue weighted by Gasteiger charge is 2.05. The van der Waals surface area contributed by atoms with Gasteiger partial charge in [-0.05, 0) is 30.2 Å². The second-order valence-electron chi connectivity index (χ2n) is 4.78. The lowest BCUT2D eigenvalue weighted by Crippen LogP contribution is -2.28. The van der Waals surface area contributed by atoms with Crippen molar-refractivity contribution in [2.24, 2.45) is 0 Å². The summed E-state index contributed by atoms with van der Waals surface area (Å²) >= 11 is 0. The molecular weight excluding hydrogens is 278 g/mol. The van der Waals surface area contributed by atoms with Gasteiger partial charge >= 0.3 is 0 Å². The molecular formula is C18H21NO3. The van der Waals surface area contributed by atoms with Gasteiger partial charge < -0.3 is 14.8 Å². The highest BCUT2D eigenvalue weighted by atomic mass is 16.5. The van der Waals surface area contributed by atoms with E-state index in [9.17, 15) is 4.79 Å². The standard InChI is InChI=1S/C18H21NO3/c1-2-21-13-16-9-7-6-8-15(16)12-19-18(20)14-22-17-10-4-3-5-11-17/h3-11H,2,12-14H2,1H3,(H,19,20). The predicted molar refractivity (Wildman–Crippen MR) is 85.6 cm³/mol. The molecule has 2 aromatic carbocycles. The highest BCUT2D eigenvalue weighted by Crippen LogP contribution is 2.10. The summed E-state index contributed by atoms with van der Waals surface area (Å²) in [6.07, 6.45) is 0. The molecule has 4 heteroatoms. The fraction of sp³-hybridized carbons (Fsp3) is 0.278.